The van der Waals surface area contributed by atoms with E-state index in [2.05, 4.69) is 11.4 Å². The fourth-order valence-corrected chi connectivity index (χ4v) is 3.25. The normalized spacial score (nSPS) is 13.6. The van der Waals surface area contributed by atoms with E-state index in [0.717, 1.165) is 17.5 Å². The highest BCUT2D eigenvalue weighted by Gasteiger charge is 2.17. The monoisotopic (exact) mass is 382 g/mol. The first-order valence-electron chi connectivity index (χ1n) is 9.33. The Balaban J connectivity index is 1.49. The fraction of sp³-hybridized carbons (Fsp3) is 0.318. The quantitative estimate of drug-likeness (QED) is 0.803. The summed E-state index contributed by atoms with van der Waals surface area (Å²) in [5.41, 5.74) is 3.37. The van der Waals surface area contributed by atoms with E-state index >= 15 is 0 Å². The van der Waals surface area contributed by atoms with Gasteiger partial charge in [0, 0.05) is 19.6 Å². The summed E-state index contributed by atoms with van der Waals surface area (Å²) in [6.45, 7) is 1.81. The van der Waals surface area contributed by atoms with Crippen LogP contribution in [-0.2, 0) is 6.42 Å². The summed E-state index contributed by atoms with van der Waals surface area (Å²) in [5, 5.41) is 12.4. The smallest absolute Gasteiger partial charge is 0.317 e. The molecule has 2 aromatic rings. The zero-order valence-electron chi connectivity index (χ0n) is 16.3. The maximum atomic E-state index is 12.4. The lowest BCUT2D eigenvalue weighted by molar-refractivity contribution is 0.203. The summed E-state index contributed by atoms with van der Waals surface area (Å²) in [4.78, 5) is 14.2. The number of hydrogen-bond acceptors (Lipinski definition) is 4. The van der Waals surface area contributed by atoms with Gasteiger partial charge in [0.2, 0.25) is 0 Å². The summed E-state index contributed by atoms with van der Waals surface area (Å²) >= 11 is 0. The molecule has 0 atom stereocenters. The average Bonchev–Trinajstić information content (AvgIpc) is 2.74. The summed E-state index contributed by atoms with van der Waals surface area (Å²) in [5.74, 6) is 1.64. The molecule has 0 fully saturated rings. The van der Waals surface area contributed by atoms with Gasteiger partial charge >= 0.3 is 6.03 Å². The van der Waals surface area contributed by atoms with Crippen molar-refractivity contribution in [1.29, 1.82) is 0 Å². The third-order valence-corrected chi connectivity index (χ3v) is 4.87. The van der Waals surface area contributed by atoms with Gasteiger partial charge in [0.15, 0.2) is 11.5 Å². The van der Waals surface area contributed by atoms with Gasteiger partial charge in [-0.25, -0.2) is 4.79 Å². The lowest BCUT2D eigenvalue weighted by atomic mass is 9.99. The largest absolute Gasteiger partial charge is 0.508 e. The maximum absolute atomic E-state index is 12.4. The van der Waals surface area contributed by atoms with Crippen molar-refractivity contribution in [3.63, 3.8) is 0 Å². The van der Waals surface area contributed by atoms with Crippen LogP contribution in [-0.4, -0.2) is 49.9 Å². The number of benzene rings is 2. The standard InChI is InChI=1S/C22H26N2O4/c1-27-20-8-3-16(15-21(20)28-2)9-12-23-22(26)24-13-10-18(11-14-24)17-4-6-19(25)7-5-17/h3-8,10,15,25H,9,11-14H2,1-2H3,(H,23,26). The summed E-state index contributed by atoms with van der Waals surface area (Å²) in [6, 6.07) is 12.9. The van der Waals surface area contributed by atoms with Gasteiger partial charge in [0.25, 0.3) is 0 Å². The first-order chi connectivity index (χ1) is 13.6. The van der Waals surface area contributed by atoms with Crippen LogP contribution in [0.15, 0.2) is 48.5 Å². The second-order valence-corrected chi connectivity index (χ2v) is 6.64. The van der Waals surface area contributed by atoms with Crippen molar-refractivity contribution in [3.8, 4) is 17.2 Å². The molecule has 0 saturated heterocycles. The number of aromatic hydroxyl groups is 1. The third-order valence-electron chi connectivity index (χ3n) is 4.87. The van der Waals surface area contributed by atoms with E-state index in [-0.39, 0.29) is 11.8 Å². The molecule has 0 bridgehead atoms. The van der Waals surface area contributed by atoms with Crippen molar-refractivity contribution in [2.24, 2.45) is 0 Å². The van der Waals surface area contributed by atoms with Crippen molar-refractivity contribution >= 4 is 11.6 Å². The Morgan fingerprint density at radius 3 is 2.50 bits per heavy atom. The number of phenols is 1. The van der Waals surface area contributed by atoms with Gasteiger partial charge in [-0.3, -0.25) is 0 Å². The molecule has 0 saturated carbocycles. The van der Waals surface area contributed by atoms with Crippen molar-refractivity contribution in [3.05, 3.63) is 59.7 Å². The molecule has 28 heavy (non-hydrogen) atoms. The molecule has 148 valence electrons. The van der Waals surface area contributed by atoms with E-state index in [1.165, 1.54) is 5.57 Å². The minimum absolute atomic E-state index is 0.0542. The Hall–Kier alpha value is -3.15. The van der Waals surface area contributed by atoms with Crippen LogP contribution in [0.2, 0.25) is 0 Å². The molecule has 0 unspecified atom stereocenters. The first-order valence-corrected chi connectivity index (χ1v) is 9.33. The molecule has 2 N–H and O–H groups in total. The lowest BCUT2D eigenvalue weighted by Gasteiger charge is -2.27. The maximum Gasteiger partial charge on any atom is 0.317 e. The molecule has 2 amide bonds. The van der Waals surface area contributed by atoms with Gasteiger partial charge in [0.1, 0.15) is 5.75 Å². The van der Waals surface area contributed by atoms with Gasteiger partial charge in [-0.15, -0.1) is 0 Å². The first kappa shape index (κ1) is 19.6. The summed E-state index contributed by atoms with van der Waals surface area (Å²) in [6.07, 6.45) is 3.59. The Morgan fingerprint density at radius 1 is 1.11 bits per heavy atom. The second-order valence-electron chi connectivity index (χ2n) is 6.64. The number of nitrogens with one attached hydrogen (secondary N) is 1. The number of methoxy groups -OCH3 is 2. The molecule has 0 aliphatic carbocycles. The van der Waals surface area contributed by atoms with Crippen LogP contribution < -0.4 is 14.8 Å². The molecular formula is C22H26N2O4. The van der Waals surface area contributed by atoms with Crippen LogP contribution >= 0.6 is 0 Å². The molecule has 0 aromatic heterocycles. The van der Waals surface area contributed by atoms with Gasteiger partial charge in [-0.1, -0.05) is 24.3 Å². The van der Waals surface area contributed by atoms with Crippen molar-refractivity contribution in [2.45, 2.75) is 12.8 Å². The summed E-state index contributed by atoms with van der Waals surface area (Å²) < 4.78 is 10.6. The van der Waals surface area contributed by atoms with Crippen molar-refractivity contribution in [2.75, 3.05) is 33.9 Å². The second kappa shape index (κ2) is 9.17. The molecule has 6 nitrogen and oxygen atoms in total. The van der Waals surface area contributed by atoms with Gasteiger partial charge in [-0.05, 0) is 53.8 Å². The van der Waals surface area contributed by atoms with Crippen LogP contribution in [0.3, 0.4) is 0 Å². The predicted octanol–water partition coefficient (Wildman–Crippen LogP) is 3.45. The molecule has 2 aromatic carbocycles. The number of phenolic OH excluding ortho intramolecular Hbond substituents is 1. The van der Waals surface area contributed by atoms with E-state index < -0.39 is 0 Å². The Kier molecular flexibility index (Phi) is 6.42. The molecule has 0 radical (unpaired) electrons. The Morgan fingerprint density at radius 2 is 1.86 bits per heavy atom. The number of ether oxygens (including phenoxy) is 2. The molecular weight excluding hydrogens is 356 g/mol. The minimum atomic E-state index is -0.0542. The van der Waals surface area contributed by atoms with E-state index in [9.17, 15) is 9.90 Å². The molecule has 1 heterocycles. The van der Waals surface area contributed by atoms with E-state index in [1.54, 1.807) is 31.3 Å². The topological polar surface area (TPSA) is 71.0 Å². The highest BCUT2D eigenvalue weighted by Crippen LogP contribution is 2.27. The van der Waals surface area contributed by atoms with Crippen molar-refractivity contribution < 1.29 is 19.4 Å². The van der Waals surface area contributed by atoms with Crippen LogP contribution in [0.4, 0.5) is 4.79 Å². The van der Waals surface area contributed by atoms with Crippen LogP contribution in [0.1, 0.15) is 17.5 Å². The van der Waals surface area contributed by atoms with Gasteiger partial charge < -0.3 is 24.8 Å². The number of nitrogens with zero attached hydrogens (tertiary/aromatic N) is 1. The number of amides is 2. The summed E-state index contributed by atoms with van der Waals surface area (Å²) in [7, 11) is 3.22. The van der Waals surface area contributed by atoms with Crippen LogP contribution in [0, 0.1) is 0 Å². The minimum Gasteiger partial charge on any atom is -0.508 e. The number of urea groups is 1. The predicted molar refractivity (Wildman–Crippen MR) is 109 cm³/mol. The molecule has 3 rings (SSSR count). The highest BCUT2D eigenvalue weighted by atomic mass is 16.5. The van der Waals surface area contributed by atoms with Gasteiger partial charge in [0.05, 0.1) is 14.2 Å². The van der Waals surface area contributed by atoms with Crippen molar-refractivity contribution in [1.82, 2.24) is 10.2 Å². The Labute approximate surface area is 165 Å². The highest BCUT2D eigenvalue weighted by molar-refractivity contribution is 5.76. The van der Waals surface area contributed by atoms with Crippen LogP contribution in [0.5, 0.6) is 17.2 Å². The lowest BCUT2D eigenvalue weighted by Crippen LogP contribution is -2.42. The Bertz CT molecular complexity index is 846. The molecule has 1 aliphatic heterocycles. The molecule has 0 spiro atoms. The van der Waals surface area contributed by atoms with E-state index in [4.69, 9.17) is 9.47 Å². The zero-order valence-corrected chi connectivity index (χ0v) is 16.3. The number of rotatable bonds is 6. The zero-order chi connectivity index (χ0) is 19.9. The SMILES string of the molecule is COc1ccc(CCNC(=O)N2CC=C(c3ccc(O)cc3)CC2)cc1OC. The average molecular weight is 382 g/mol. The number of carbonyl (C=O) groups excluding carboxylic acids is 1. The van der Waals surface area contributed by atoms with E-state index in [1.807, 2.05) is 30.3 Å². The fourth-order valence-electron chi connectivity index (χ4n) is 3.25. The molecule has 6 heteroatoms. The molecule has 1 aliphatic rings. The van der Waals surface area contributed by atoms with Gasteiger partial charge in [-0.2, -0.15) is 0 Å². The van der Waals surface area contributed by atoms with Crippen LogP contribution in [0.25, 0.3) is 5.57 Å². The third kappa shape index (κ3) is 4.76. The number of hydrogen-bond donors (Lipinski definition) is 2. The number of carbonyl (C=O) groups is 1. The van der Waals surface area contributed by atoms with E-state index in [0.29, 0.717) is 37.6 Å².